The summed E-state index contributed by atoms with van der Waals surface area (Å²) in [5, 5.41) is 9.00. The maximum absolute atomic E-state index is 13.1. The molecule has 0 amide bonds. The monoisotopic (exact) mass is 305 g/mol. The second kappa shape index (κ2) is 5.91. The van der Waals surface area contributed by atoms with Crippen molar-refractivity contribution in [1.82, 2.24) is 4.98 Å². The van der Waals surface area contributed by atoms with Gasteiger partial charge in [-0.1, -0.05) is 36.0 Å². The summed E-state index contributed by atoms with van der Waals surface area (Å²) < 4.78 is 14.9. The maximum Gasteiger partial charge on any atom is 0.151 e. The van der Waals surface area contributed by atoms with Crippen LogP contribution in [0.5, 0.6) is 0 Å². The van der Waals surface area contributed by atoms with Gasteiger partial charge in [0.25, 0.3) is 0 Å². The second-order valence-electron chi connectivity index (χ2n) is 4.36. The molecule has 5 heteroatoms. The van der Waals surface area contributed by atoms with Gasteiger partial charge in [0.05, 0.1) is 16.8 Å². The molecule has 0 saturated heterocycles. The number of aromatic nitrogens is 1. The first-order valence-corrected chi connectivity index (χ1v) is 7.92. The number of aliphatic hydroxyl groups is 1. The molecule has 0 aliphatic rings. The molecule has 1 N–H and O–H groups in total. The predicted molar refractivity (Wildman–Crippen MR) is 81.5 cm³/mol. The number of aliphatic hydroxyl groups excluding tert-OH is 1. The lowest BCUT2D eigenvalue weighted by Crippen LogP contribution is -1.84. The Labute approximate surface area is 124 Å². The van der Waals surface area contributed by atoms with Crippen molar-refractivity contribution in [3.63, 3.8) is 0 Å². The minimum absolute atomic E-state index is 0.0663. The van der Waals surface area contributed by atoms with Gasteiger partial charge in [0.1, 0.15) is 5.82 Å². The summed E-state index contributed by atoms with van der Waals surface area (Å²) in [6.07, 6.45) is 0. The summed E-state index contributed by atoms with van der Waals surface area (Å²) in [7, 11) is 0. The summed E-state index contributed by atoms with van der Waals surface area (Å²) >= 11 is 3.15. The average Bonchev–Trinajstić information content (AvgIpc) is 2.87. The van der Waals surface area contributed by atoms with Gasteiger partial charge >= 0.3 is 0 Å². The smallest absolute Gasteiger partial charge is 0.151 e. The molecule has 2 nitrogen and oxygen atoms in total. The van der Waals surface area contributed by atoms with E-state index in [4.69, 9.17) is 5.11 Å². The molecule has 0 fully saturated rings. The van der Waals surface area contributed by atoms with Gasteiger partial charge in [0.2, 0.25) is 0 Å². The molecule has 0 atom stereocenters. The fourth-order valence-corrected chi connectivity index (χ4v) is 3.87. The van der Waals surface area contributed by atoms with Gasteiger partial charge in [-0.25, -0.2) is 9.37 Å². The summed E-state index contributed by atoms with van der Waals surface area (Å²) in [5.41, 5.74) is 2.93. The highest BCUT2D eigenvalue weighted by Gasteiger charge is 2.06. The summed E-state index contributed by atoms with van der Waals surface area (Å²) in [5.74, 6) is 0.589. The Morgan fingerprint density at radius 3 is 2.60 bits per heavy atom. The van der Waals surface area contributed by atoms with Crippen molar-refractivity contribution in [3.8, 4) is 0 Å². The second-order valence-corrected chi connectivity index (χ2v) is 6.61. The first-order chi connectivity index (χ1) is 9.74. The topological polar surface area (TPSA) is 33.1 Å². The van der Waals surface area contributed by atoms with E-state index >= 15 is 0 Å². The van der Waals surface area contributed by atoms with Gasteiger partial charge in [-0.2, -0.15) is 0 Å². The minimum atomic E-state index is -0.225. The first-order valence-electron chi connectivity index (χ1n) is 6.12. The number of fused-ring (bicyclic) bond motifs is 1. The van der Waals surface area contributed by atoms with Crippen LogP contribution in [0.4, 0.5) is 4.39 Å². The summed E-state index contributed by atoms with van der Waals surface area (Å²) in [6, 6.07) is 12.5. The number of thiazole rings is 1. The number of rotatable bonds is 4. The number of hydrogen-bond donors (Lipinski definition) is 1. The summed E-state index contributed by atoms with van der Waals surface area (Å²) in [4.78, 5) is 4.48. The Hall–Kier alpha value is -1.43. The van der Waals surface area contributed by atoms with Crippen LogP contribution < -0.4 is 0 Å². The SMILES string of the molecule is OCc1ccc(CSc2nc3ccc(F)cc3s2)cc1. The molecule has 3 aromatic rings. The minimum Gasteiger partial charge on any atom is -0.392 e. The third-order valence-electron chi connectivity index (χ3n) is 2.90. The molecular formula is C15H12FNOS2. The van der Waals surface area contributed by atoms with Crippen LogP contribution in [-0.4, -0.2) is 10.1 Å². The van der Waals surface area contributed by atoms with E-state index in [9.17, 15) is 4.39 Å². The highest BCUT2D eigenvalue weighted by atomic mass is 32.2. The molecule has 0 unspecified atom stereocenters. The van der Waals surface area contributed by atoms with Crippen molar-refractivity contribution in [2.75, 3.05) is 0 Å². The van der Waals surface area contributed by atoms with E-state index in [0.717, 1.165) is 25.9 Å². The Morgan fingerprint density at radius 1 is 1.10 bits per heavy atom. The van der Waals surface area contributed by atoms with Crippen LogP contribution in [0, 0.1) is 5.82 Å². The van der Waals surface area contributed by atoms with Crippen molar-refractivity contribution in [2.45, 2.75) is 16.7 Å². The number of halogens is 1. The van der Waals surface area contributed by atoms with Gasteiger partial charge in [0, 0.05) is 5.75 Å². The van der Waals surface area contributed by atoms with Gasteiger partial charge < -0.3 is 5.11 Å². The van der Waals surface area contributed by atoms with Crippen molar-refractivity contribution < 1.29 is 9.50 Å². The van der Waals surface area contributed by atoms with Gasteiger partial charge in [-0.15, -0.1) is 11.3 Å². The molecule has 1 heterocycles. The lowest BCUT2D eigenvalue weighted by Gasteiger charge is -2.00. The lowest BCUT2D eigenvalue weighted by molar-refractivity contribution is 0.282. The van der Waals surface area contributed by atoms with Gasteiger partial charge in [-0.3, -0.25) is 0 Å². The van der Waals surface area contributed by atoms with Crippen LogP contribution in [0.25, 0.3) is 10.2 Å². The van der Waals surface area contributed by atoms with E-state index < -0.39 is 0 Å². The van der Waals surface area contributed by atoms with Crippen LogP contribution in [0.15, 0.2) is 46.8 Å². The third-order valence-corrected chi connectivity index (χ3v) is 5.13. The molecule has 0 radical (unpaired) electrons. The fourth-order valence-electron chi connectivity index (χ4n) is 1.83. The molecule has 1 aromatic heterocycles. The molecule has 20 heavy (non-hydrogen) atoms. The Morgan fingerprint density at radius 2 is 1.85 bits per heavy atom. The van der Waals surface area contributed by atoms with Crippen LogP contribution in [0.1, 0.15) is 11.1 Å². The Bertz CT molecular complexity index is 724. The average molecular weight is 305 g/mol. The van der Waals surface area contributed by atoms with Crippen molar-refractivity contribution >= 4 is 33.3 Å². The molecule has 2 aromatic carbocycles. The van der Waals surface area contributed by atoms with Crippen LogP contribution in [-0.2, 0) is 12.4 Å². The van der Waals surface area contributed by atoms with E-state index in [1.807, 2.05) is 24.3 Å². The Kier molecular flexibility index (Phi) is 4.00. The number of thioether (sulfide) groups is 1. The number of benzene rings is 2. The fraction of sp³-hybridized carbons (Fsp3) is 0.133. The van der Waals surface area contributed by atoms with Gasteiger partial charge in [-0.05, 0) is 29.3 Å². The number of hydrogen-bond acceptors (Lipinski definition) is 4. The third kappa shape index (κ3) is 3.00. The maximum atomic E-state index is 13.1. The molecule has 3 rings (SSSR count). The van der Waals surface area contributed by atoms with Crippen molar-refractivity contribution in [1.29, 1.82) is 0 Å². The van der Waals surface area contributed by atoms with E-state index in [1.165, 1.54) is 29.0 Å². The predicted octanol–water partition coefficient (Wildman–Crippen LogP) is 4.22. The first kappa shape index (κ1) is 13.5. The van der Waals surface area contributed by atoms with Crippen molar-refractivity contribution in [3.05, 3.63) is 59.4 Å². The lowest BCUT2D eigenvalue weighted by atomic mass is 10.2. The van der Waals surface area contributed by atoms with E-state index in [1.54, 1.807) is 17.8 Å². The Balaban J connectivity index is 1.72. The van der Waals surface area contributed by atoms with E-state index in [2.05, 4.69) is 4.98 Å². The quantitative estimate of drug-likeness (QED) is 0.733. The summed E-state index contributed by atoms with van der Waals surface area (Å²) in [6.45, 7) is 0.0663. The molecule has 0 bridgehead atoms. The molecule has 0 spiro atoms. The zero-order valence-electron chi connectivity index (χ0n) is 10.5. The molecule has 0 aliphatic heterocycles. The molecule has 102 valence electrons. The molecule has 0 aliphatic carbocycles. The van der Waals surface area contributed by atoms with Crippen LogP contribution in [0.3, 0.4) is 0 Å². The van der Waals surface area contributed by atoms with Crippen molar-refractivity contribution in [2.24, 2.45) is 0 Å². The largest absolute Gasteiger partial charge is 0.392 e. The zero-order valence-corrected chi connectivity index (χ0v) is 12.2. The standard InChI is InChI=1S/C15H12FNOS2/c16-12-5-6-13-14(7-12)20-15(17-13)19-9-11-3-1-10(8-18)2-4-11/h1-7,18H,8-9H2. The zero-order chi connectivity index (χ0) is 13.9. The van der Waals surface area contributed by atoms with Gasteiger partial charge in [0.15, 0.2) is 4.34 Å². The highest BCUT2D eigenvalue weighted by Crippen LogP contribution is 2.31. The highest BCUT2D eigenvalue weighted by molar-refractivity contribution is 8.00. The van der Waals surface area contributed by atoms with Crippen LogP contribution >= 0.6 is 23.1 Å². The molecule has 0 saturated carbocycles. The number of nitrogens with zero attached hydrogens (tertiary/aromatic N) is 1. The van der Waals surface area contributed by atoms with Crippen LogP contribution in [0.2, 0.25) is 0 Å². The van der Waals surface area contributed by atoms with E-state index in [0.29, 0.717) is 0 Å². The normalized spacial score (nSPS) is 11.1. The molecular weight excluding hydrogens is 293 g/mol. The van der Waals surface area contributed by atoms with E-state index in [-0.39, 0.29) is 12.4 Å².